The molecular weight excluding hydrogens is 253 g/mol. The molecule has 2 rings (SSSR count). The second kappa shape index (κ2) is 5.75. The van der Waals surface area contributed by atoms with Crippen LogP contribution in [0.15, 0.2) is 18.2 Å². The summed E-state index contributed by atoms with van der Waals surface area (Å²) >= 11 is 0. The Labute approximate surface area is 119 Å². The van der Waals surface area contributed by atoms with E-state index in [4.69, 9.17) is 0 Å². The molecule has 1 aromatic carbocycles. The minimum absolute atomic E-state index is 0.215. The number of benzene rings is 1. The summed E-state index contributed by atoms with van der Waals surface area (Å²) in [6, 6.07) is 5.22. The number of aryl methyl sites for hydroxylation is 1. The fourth-order valence-electron chi connectivity index (χ4n) is 2.17. The first-order valence-corrected chi connectivity index (χ1v) is 6.95. The number of hydrogen-bond acceptors (Lipinski definition) is 2. The van der Waals surface area contributed by atoms with Gasteiger partial charge in [0.15, 0.2) is 0 Å². The lowest BCUT2D eigenvalue weighted by atomic mass is 10.1. The molecule has 0 aliphatic heterocycles. The van der Waals surface area contributed by atoms with Gasteiger partial charge in [-0.1, -0.05) is 13.8 Å². The van der Waals surface area contributed by atoms with Crippen LogP contribution in [0, 0.1) is 26.6 Å². The van der Waals surface area contributed by atoms with E-state index in [0.29, 0.717) is 12.6 Å². The van der Waals surface area contributed by atoms with E-state index >= 15 is 0 Å². The lowest BCUT2D eigenvalue weighted by Gasteiger charge is -2.14. The highest BCUT2D eigenvalue weighted by molar-refractivity contribution is 5.43. The first-order chi connectivity index (χ1) is 9.40. The molecule has 0 unspecified atom stereocenters. The third-order valence-corrected chi connectivity index (χ3v) is 3.62. The predicted molar refractivity (Wildman–Crippen MR) is 79.7 cm³/mol. The molecule has 0 saturated carbocycles. The highest BCUT2D eigenvalue weighted by Gasteiger charge is 2.13. The summed E-state index contributed by atoms with van der Waals surface area (Å²) < 4.78 is 15.4. The fourth-order valence-corrected chi connectivity index (χ4v) is 2.17. The van der Waals surface area contributed by atoms with E-state index in [2.05, 4.69) is 31.2 Å². The van der Waals surface area contributed by atoms with E-state index < -0.39 is 0 Å². The van der Waals surface area contributed by atoms with Gasteiger partial charge in [0, 0.05) is 18.3 Å². The molecule has 1 N–H and O–H groups in total. The Balaban J connectivity index is 2.47. The van der Waals surface area contributed by atoms with Gasteiger partial charge in [0.1, 0.15) is 5.82 Å². The van der Waals surface area contributed by atoms with E-state index in [1.165, 1.54) is 11.6 Å². The molecule has 108 valence electrons. The average Bonchev–Trinajstić information content (AvgIpc) is 2.64. The molecule has 0 atom stereocenters. The van der Waals surface area contributed by atoms with Crippen LogP contribution in [-0.4, -0.2) is 15.8 Å². The van der Waals surface area contributed by atoms with Gasteiger partial charge in [0.2, 0.25) is 0 Å². The summed E-state index contributed by atoms with van der Waals surface area (Å²) in [7, 11) is 0. The van der Waals surface area contributed by atoms with Crippen LogP contribution in [-0.2, 0) is 6.54 Å². The molecular formula is C16H22FN3. The number of hydrogen-bond donors (Lipinski definition) is 1. The van der Waals surface area contributed by atoms with Crippen molar-refractivity contribution in [3.8, 4) is 5.69 Å². The summed E-state index contributed by atoms with van der Waals surface area (Å²) in [6.45, 7) is 10.9. The second-order valence-corrected chi connectivity index (χ2v) is 5.52. The minimum Gasteiger partial charge on any atom is -0.310 e. The number of nitrogens with one attached hydrogen (secondary N) is 1. The molecule has 20 heavy (non-hydrogen) atoms. The zero-order valence-electron chi connectivity index (χ0n) is 12.8. The quantitative estimate of drug-likeness (QED) is 0.926. The standard InChI is InChI=1S/C16H22FN3/c1-10(2)18-9-14-8-15(17)6-7-16(14)20-13(5)11(3)12(4)19-20/h6-8,10,18H,9H2,1-5H3. The lowest BCUT2D eigenvalue weighted by Crippen LogP contribution is -2.23. The number of aromatic nitrogens is 2. The monoisotopic (exact) mass is 275 g/mol. The fraction of sp³-hybridized carbons (Fsp3) is 0.438. The Morgan fingerprint density at radius 3 is 2.50 bits per heavy atom. The van der Waals surface area contributed by atoms with Crippen molar-refractivity contribution < 1.29 is 4.39 Å². The number of nitrogens with zero attached hydrogens (tertiary/aromatic N) is 2. The highest BCUT2D eigenvalue weighted by Crippen LogP contribution is 2.21. The second-order valence-electron chi connectivity index (χ2n) is 5.52. The largest absolute Gasteiger partial charge is 0.310 e. The molecule has 0 fully saturated rings. The van der Waals surface area contributed by atoms with Crippen LogP contribution in [0.2, 0.25) is 0 Å². The maximum Gasteiger partial charge on any atom is 0.123 e. The Bertz CT molecular complexity index is 614. The van der Waals surface area contributed by atoms with E-state index in [0.717, 1.165) is 22.6 Å². The smallest absolute Gasteiger partial charge is 0.123 e. The molecule has 0 spiro atoms. The minimum atomic E-state index is -0.215. The maximum absolute atomic E-state index is 13.5. The van der Waals surface area contributed by atoms with E-state index in [1.54, 1.807) is 12.1 Å². The first-order valence-electron chi connectivity index (χ1n) is 6.95. The third kappa shape index (κ3) is 2.90. The Hall–Kier alpha value is -1.68. The van der Waals surface area contributed by atoms with Gasteiger partial charge >= 0.3 is 0 Å². The molecule has 0 aliphatic rings. The number of rotatable bonds is 4. The van der Waals surface area contributed by atoms with Gasteiger partial charge in [-0.05, 0) is 50.1 Å². The number of halogens is 1. The predicted octanol–water partition coefficient (Wildman–Crippen LogP) is 3.43. The van der Waals surface area contributed by atoms with Crippen LogP contribution in [0.5, 0.6) is 0 Å². The van der Waals surface area contributed by atoms with Gasteiger partial charge in [-0.25, -0.2) is 9.07 Å². The third-order valence-electron chi connectivity index (χ3n) is 3.62. The summed E-state index contributed by atoms with van der Waals surface area (Å²) in [6.07, 6.45) is 0. The van der Waals surface area contributed by atoms with Crippen LogP contribution in [0.1, 0.15) is 36.4 Å². The Kier molecular flexibility index (Phi) is 4.23. The zero-order valence-corrected chi connectivity index (χ0v) is 12.8. The van der Waals surface area contributed by atoms with Crippen molar-refractivity contribution in [3.63, 3.8) is 0 Å². The molecule has 1 heterocycles. The molecule has 2 aromatic rings. The molecule has 0 bridgehead atoms. The average molecular weight is 275 g/mol. The molecule has 3 nitrogen and oxygen atoms in total. The molecule has 1 aromatic heterocycles. The van der Waals surface area contributed by atoms with Crippen LogP contribution < -0.4 is 5.32 Å². The van der Waals surface area contributed by atoms with Gasteiger partial charge in [0.25, 0.3) is 0 Å². The van der Waals surface area contributed by atoms with Crippen LogP contribution in [0.3, 0.4) is 0 Å². The summed E-state index contributed by atoms with van der Waals surface area (Å²) in [5, 5.41) is 7.90. The van der Waals surface area contributed by atoms with E-state index in [-0.39, 0.29) is 5.82 Å². The first kappa shape index (κ1) is 14.7. The van der Waals surface area contributed by atoms with Crippen LogP contribution in [0.4, 0.5) is 4.39 Å². The van der Waals surface area contributed by atoms with Crippen molar-refractivity contribution >= 4 is 0 Å². The van der Waals surface area contributed by atoms with E-state index in [9.17, 15) is 4.39 Å². The van der Waals surface area contributed by atoms with Crippen molar-refractivity contribution in [1.82, 2.24) is 15.1 Å². The molecule has 0 radical (unpaired) electrons. The maximum atomic E-state index is 13.5. The van der Waals surface area contributed by atoms with Gasteiger partial charge in [-0.15, -0.1) is 0 Å². The Morgan fingerprint density at radius 2 is 1.95 bits per heavy atom. The van der Waals surface area contributed by atoms with Crippen molar-refractivity contribution in [3.05, 3.63) is 46.5 Å². The SMILES string of the molecule is Cc1nn(-c2ccc(F)cc2CNC(C)C)c(C)c1C. The normalized spacial score (nSPS) is 11.3. The Morgan fingerprint density at radius 1 is 1.25 bits per heavy atom. The molecule has 4 heteroatoms. The van der Waals surface area contributed by atoms with Crippen molar-refractivity contribution in [2.24, 2.45) is 0 Å². The van der Waals surface area contributed by atoms with Crippen LogP contribution >= 0.6 is 0 Å². The van der Waals surface area contributed by atoms with Gasteiger partial charge in [-0.3, -0.25) is 0 Å². The van der Waals surface area contributed by atoms with E-state index in [1.807, 2.05) is 18.5 Å². The summed E-state index contributed by atoms with van der Waals surface area (Å²) in [5.41, 5.74) is 5.14. The molecule has 0 saturated heterocycles. The van der Waals surface area contributed by atoms with Crippen molar-refractivity contribution in [1.29, 1.82) is 0 Å². The van der Waals surface area contributed by atoms with Gasteiger partial charge < -0.3 is 5.32 Å². The van der Waals surface area contributed by atoms with Crippen molar-refractivity contribution in [2.75, 3.05) is 0 Å². The molecule has 0 aliphatic carbocycles. The van der Waals surface area contributed by atoms with Crippen LogP contribution in [0.25, 0.3) is 5.69 Å². The van der Waals surface area contributed by atoms with Gasteiger partial charge in [0.05, 0.1) is 11.4 Å². The van der Waals surface area contributed by atoms with Crippen molar-refractivity contribution in [2.45, 2.75) is 47.2 Å². The summed E-state index contributed by atoms with van der Waals surface area (Å²) in [5.74, 6) is -0.215. The lowest BCUT2D eigenvalue weighted by molar-refractivity contribution is 0.578. The highest BCUT2D eigenvalue weighted by atomic mass is 19.1. The zero-order chi connectivity index (χ0) is 14.9. The topological polar surface area (TPSA) is 29.9 Å². The molecule has 0 amide bonds. The van der Waals surface area contributed by atoms with Gasteiger partial charge in [-0.2, -0.15) is 5.10 Å². The summed E-state index contributed by atoms with van der Waals surface area (Å²) in [4.78, 5) is 0.